The maximum Gasteiger partial charge on any atom is 0.161 e. The van der Waals surface area contributed by atoms with Crippen LogP contribution in [0.2, 0.25) is 0 Å². The second kappa shape index (κ2) is 78.9. The number of ether oxygens (including phenoxy) is 3. The molecule has 0 saturated carbocycles. The topological polar surface area (TPSA) is 46.7 Å². The van der Waals surface area contributed by atoms with E-state index in [4.69, 9.17) is 14.2 Å². The summed E-state index contributed by atoms with van der Waals surface area (Å²) in [7, 11) is 3.46. The zero-order chi connectivity index (χ0) is 100. The molecule has 142 heavy (non-hydrogen) atoms. The lowest BCUT2D eigenvalue weighted by atomic mass is 9.85. The van der Waals surface area contributed by atoms with Gasteiger partial charge in [-0.15, -0.1) is 0 Å². The number of aromatic amines is 1. The summed E-state index contributed by atoms with van der Waals surface area (Å²) in [5.41, 5.74) is 9.07. The maximum absolute atomic E-state index is 6.27. The van der Waals surface area contributed by atoms with Crippen LogP contribution in [-0.4, -0.2) is 30.6 Å². The van der Waals surface area contributed by atoms with Gasteiger partial charge in [0.05, 0.1) is 14.2 Å². The fourth-order valence-corrected chi connectivity index (χ4v) is 8.88. The Balaban J connectivity index is 0.000000854. The van der Waals surface area contributed by atoms with Gasteiger partial charge in [0.25, 0.3) is 0 Å². The predicted molar refractivity (Wildman–Crippen MR) is 557 cm³/mol. The number of methoxy groups -OCH3 is 2. The van der Waals surface area contributed by atoms with Crippen molar-refractivity contribution in [3.8, 4) is 645 Å². The second-order valence-electron chi connectivity index (χ2n) is 22.9. The zero-order valence-corrected chi connectivity index (χ0v) is 75.0. The van der Waals surface area contributed by atoms with E-state index in [1.807, 2.05) is 6.07 Å². The molecule has 1 unspecified atom stereocenters. The van der Waals surface area contributed by atoms with Crippen LogP contribution in [0.3, 0.4) is 0 Å². The summed E-state index contributed by atoms with van der Waals surface area (Å²) in [6.07, 6.45) is 1.99. The molecule has 2 aliphatic heterocycles. The van der Waals surface area contributed by atoms with Crippen LogP contribution in [-0.2, 0) is 26.0 Å². The van der Waals surface area contributed by atoms with E-state index in [9.17, 15) is 0 Å². The number of H-pyrrole nitrogens is 1. The summed E-state index contributed by atoms with van der Waals surface area (Å²) in [6.45, 7) is 8.00. The molecule has 0 spiro atoms. The third kappa shape index (κ3) is 55.6. The maximum atomic E-state index is 6.27. The van der Waals surface area contributed by atoms with Crippen LogP contribution >= 0.6 is 0 Å². The van der Waals surface area contributed by atoms with Crippen LogP contribution in [0.5, 0.6) is 17.2 Å². The molecule has 0 fully saturated rings. The lowest BCUT2D eigenvalue weighted by Gasteiger charge is -2.40. The molecule has 0 bridgehead atoms. The predicted octanol–water partition coefficient (Wildman–Crippen LogP) is 6.93. The first kappa shape index (κ1) is 106. The molecule has 1 atom stereocenters. The third-order valence-electron chi connectivity index (χ3n) is 14.2. The highest BCUT2D eigenvalue weighted by Gasteiger charge is 2.35. The average Bonchev–Trinajstić information content (AvgIpc) is 1.54. The van der Waals surface area contributed by atoms with Gasteiger partial charge in [-0.05, 0) is 186 Å². The number of rotatable bonds is 5. The summed E-state index contributed by atoms with van der Waals surface area (Å²) in [4.78, 5) is 6.24. The van der Waals surface area contributed by atoms with Crippen LogP contribution in [0, 0.1) is 634 Å². The van der Waals surface area contributed by atoms with E-state index in [1.165, 1.54) is 44.4 Å². The molecule has 1 aromatic heterocycles. The number of fused-ring (bicyclic) bond motifs is 6. The van der Waals surface area contributed by atoms with E-state index in [1.54, 1.807) is 28.1 Å². The van der Waals surface area contributed by atoms with Crippen LogP contribution in [0.1, 0.15) is 53.4 Å². The number of benzene rings is 3. The summed E-state index contributed by atoms with van der Waals surface area (Å²) in [5, 5.41) is 1.27. The minimum atomic E-state index is 0.334. The fraction of sp³-hybridized carbons (Fsp3) is 0.0803. The summed E-state index contributed by atoms with van der Waals surface area (Å²) in [6, 6.07) is 19.4. The Kier molecular flexibility index (Phi) is 58.8. The van der Waals surface area contributed by atoms with Gasteiger partial charge in [-0.25, -0.2) is 0 Å². The minimum Gasteiger partial charge on any atom is -0.497 e. The number of nitrogens with one attached hydrogen (secondary N) is 1. The molecule has 0 saturated heterocycles. The van der Waals surface area contributed by atoms with Crippen molar-refractivity contribution in [1.82, 2.24) is 9.88 Å². The van der Waals surface area contributed by atoms with E-state index < -0.39 is 0 Å². The Labute approximate surface area is 835 Å². The molecule has 3 heterocycles. The quantitative estimate of drug-likeness (QED) is 0.221. The van der Waals surface area contributed by atoms with Gasteiger partial charge in [0, 0.05) is 557 Å². The molecule has 612 valence electrons. The normalized spacial score (nSPS) is 7.12. The van der Waals surface area contributed by atoms with Gasteiger partial charge >= 0.3 is 0 Å². The Morgan fingerprint density at radius 1 is 0.268 bits per heavy atom. The Morgan fingerprint density at radius 3 is 0.718 bits per heavy atom. The Morgan fingerprint density at radius 2 is 0.500 bits per heavy atom. The van der Waals surface area contributed by atoms with Gasteiger partial charge in [0.15, 0.2) is 11.5 Å². The molecule has 3 aromatic carbocycles. The van der Waals surface area contributed by atoms with Crippen LogP contribution in [0.4, 0.5) is 0 Å². The molecule has 0 aliphatic carbocycles. The SMILES string of the molecule is CC#CC#CC#CC#CC#CC#CC#CC#CC#CC#CC#CC#CC#CC#CC#CC#CC#CC#CC#CC#CC#CC#CC#CC#CC#CC#CC#CC#CC#CC#CC#CC#CC#CC#CC#CC#CC#CC#CC#CC#CC#CC#CC#CC#CC#CC#CC#CC#CC#CC#CC#CC#CC#CC.COc1ccc2[nH]c3c(c2c1)CC1c2cc(OC)c(OCc4ccccc4C)cc2CCN1C3. The molecule has 5 nitrogen and oxygen atoms in total. The highest BCUT2D eigenvalue weighted by molar-refractivity contribution is 5.86. The molecule has 5 heteroatoms. The standard InChI is InChI=1S/C108H6.C29H30N2O3/c1-3-5-7-9-11-13-15-17-19-21-23-25-27-29-31-33-35-37-39-41-43-45-47-49-51-53-55-57-59-61-63-65-67-69-71-73-75-77-79-81-83-85-87-89-91-93-95-97-99-101-103-105-107-108-106-104-102-100-98-96-94-92-90-88-86-84-82-80-78-76-74-72-70-68-66-64-62-60-58-56-54-52-50-48-46-44-42-40-38-36-34-32-30-28-26-24-22-20-18-16-14-12-10-8-6-4-2;1-18-6-4-5-7-20(18)17-34-29-12-19-10-11-31-16-26-24(14-27(31)22(19)15-28(29)33-3)23-13-21(32-2)8-9-25(23)30-26/h1-2H3;4-9,12-13,15,27,30H,10-11,14,16-17H2,1-3H3. The van der Waals surface area contributed by atoms with Crippen molar-refractivity contribution < 1.29 is 14.2 Å². The third-order valence-corrected chi connectivity index (χ3v) is 14.2. The van der Waals surface area contributed by atoms with Crippen molar-refractivity contribution in [2.45, 2.75) is 52.8 Å². The number of aromatic nitrogens is 1. The molecule has 2 aliphatic rings. The van der Waals surface area contributed by atoms with Crippen molar-refractivity contribution >= 4 is 10.9 Å². The van der Waals surface area contributed by atoms with Gasteiger partial charge in [0.2, 0.25) is 0 Å². The summed E-state index contributed by atoms with van der Waals surface area (Å²) < 4.78 is 17.6. The monoisotopic (exact) mass is 1760 g/mol. The number of nitrogens with zero attached hydrogens (tertiary/aromatic N) is 1. The Hall–Kier alpha value is -26.8. The first-order valence-corrected chi connectivity index (χ1v) is 39.2. The number of hydrogen-bond donors (Lipinski definition) is 1. The molecular formula is C137H36N2O3. The fourth-order valence-electron chi connectivity index (χ4n) is 8.88. The van der Waals surface area contributed by atoms with Gasteiger partial charge in [-0.2, -0.15) is 0 Å². The summed E-state index contributed by atoms with van der Waals surface area (Å²) >= 11 is 0. The van der Waals surface area contributed by atoms with Gasteiger partial charge < -0.3 is 19.2 Å². The highest BCUT2D eigenvalue weighted by Crippen LogP contribution is 2.44. The molecular weight excluding hydrogens is 1720 g/mol. The first-order chi connectivity index (χ1) is 70.6. The Bertz CT molecular complexity index is 9370. The summed E-state index contributed by atoms with van der Waals surface area (Å²) in [5.74, 6) is 268. The first-order valence-electron chi connectivity index (χ1n) is 39.2. The molecule has 4 aromatic rings. The van der Waals surface area contributed by atoms with E-state index in [-0.39, 0.29) is 0 Å². The van der Waals surface area contributed by atoms with E-state index in [0.29, 0.717) is 12.6 Å². The van der Waals surface area contributed by atoms with Crippen molar-refractivity contribution in [2.24, 2.45) is 0 Å². The molecule has 0 radical (unpaired) electrons. The van der Waals surface area contributed by atoms with Crippen molar-refractivity contribution in [3.63, 3.8) is 0 Å². The van der Waals surface area contributed by atoms with Crippen molar-refractivity contribution in [1.29, 1.82) is 0 Å². The van der Waals surface area contributed by atoms with Crippen molar-refractivity contribution in [2.75, 3.05) is 20.8 Å². The van der Waals surface area contributed by atoms with E-state index >= 15 is 0 Å². The smallest absolute Gasteiger partial charge is 0.161 e. The van der Waals surface area contributed by atoms with Crippen LogP contribution in [0.15, 0.2) is 54.6 Å². The van der Waals surface area contributed by atoms with E-state index in [0.717, 1.165) is 43.2 Å². The van der Waals surface area contributed by atoms with E-state index in [2.05, 4.69) is 693 Å². The van der Waals surface area contributed by atoms with Gasteiger partial charge in [-0.3, -0.25) is 4.90 Å². The lowest BCUT2D eigenvalue weighted by Crippen LogP contribution is -2.39. The molecule has 1 N–H and O–H groups in total. The van der Waals surface area contributed by atoms with Crippen molar-refractivity contribution in [3.05, 3.63) is 88.1 Å². The van der Waals surface area contributed by atoms with Gasteiger partial charge in [-0.1, -0.05) is 36.1 Å². The minimum absolute atomic E-state index is 0.334. The second-order valence-corrected chi connectivity index (χ2v) is 22.9. The van der Waals surface area contributed by atoms with Crippen LogP contribution in [0.25, 0.3) is 10.9 Å². The average molecular weight is 1760 g/mol. The largest absolute Gasteiger partial charge is 0.497 e. The molecule has 6 rings (SSSR count). The highest BCUT2D eigenvalue weighted by atomic mass is 16.5. The van der Waals surface area contributed by atoms with Gasteiger partial charge in [0.1, 0.15) is 12.4 Å². The number of hydrogen-bond acceptors (Lipinski definition) is 4. The number of aryl methyl sites for hydroxylation is 1. The van der Waals surface area contributed by atoms with Crippen LogP contribution < -0.4 is 14.2 Å². The lowest BCUT2D eigenvalue weighted by molar-refractivity contribution is 0.158. The zero-order valence-electron chi connectivity index (χ0n) is 75.0. The molecule has 0 amide bonds.